The molecule has 2 atom stereocenters. The van der Waals surface area contributed by atoms with Gasteiger partial charge < -0.3 is 9.64 Å². The molecule has 0 radical (unpaired) electrons. The van der Waals surface area contributed by atoms with E-state index >= 15 is 0 Å². The Morgan fingerprint density at radius 1 is 1.53 bits per heavy atom. The number of rotatable bonds is 2. The standard InChI is InChI=1S/C14H17Cl2NO2/c1-9-5-11(16)3-4-13(9)14(18)17-7-12(6-15)19-8-10(17)2/h3-5,10,12H,6-8H2,1-2H3. The molecule has 0 saturated carbocycles. The maximum atomic E-state index is 12.6. The molecule has 0 N–H and O–H groups in total. The van der Waals surface area contributed by atoms with Crippen molar-refractivity contribution in [1.82, 2.24) is 4.90 Å². The predicted octanol–water partition coefficient (Wildman–Crippen LogP) is 3.12. The van der Waals surface area contributed by atoms with E-state index < -0.39 is 0 Å². The molecule has 1 aromatic rings. The van der Waals surface area contributed by atoms with Crippen LogP contribution < -0.4 is 0 Å². The number of nitrogens with zero attached hydrogens (tertiary/aromatic N) is 1. The molecule has 104 valence electrons. The first-order chi connectivity index (χ1) is 9.02. The summed E-state index contributed by atoms with van der Waals surface area (Å²) in [7, 11) is 0. The van der Waals surface area contributed by atoms with Crippen LogP contribution in [0.4, 0.5) is 0 Å². The van der Waals surface area contributed by atoms with Crippen LogP contribution >= 0.6 is 23.2 Å². The molecule has 5 heteroatoms. The Morgan fingerprint density at radius 2 is 2.26 bits per heavy atom. The minimum Gasteiger partial charge on any atom is -0.373 e. The smallest absolute Gasteiger partial charge is 0.254 e. The second-order valence-corrected chi connectivity index (χ2v) is 5.62. The minimum absolute atomic E-state index is 0.0140. The molecule has 0 aromatic heterocycles. The molecule has 1 aromatic carbocycles. The summed E-state index contributed by atoms with van der Waals surface area (Å²) in [6, 6.07) is 5.38. The maximum Gasteiger partial charge on any atom is 0.254 e. The van der Waals surface area contributed by atoms with Gasteiger partial charge in [0.2, 0.25) is 0 Å². The molecule has 0 spiro atoms. The highest BCUT2D eigenvalue weighted by Gasteiger charge is 2.30. The minimum atomic E-state index is -0.0885. The van der Waals surface area contributed by atoms with E-state index in [1.165, 1.54) is 0 Å². The predicted molar refractivity (Wildman–Crippen MR) is 77.1 cm³/mol. The average molecular weight is 302 g/mol. The fourth-order valence-electron chi connectivity index (χ4n) is 2.22. The molecule has 0 bridgehead atoms. The first kappa shape index (κ1) is 14.6. The Bertz CT molecular complexity index is 479. The van der Waals surface area contributed by atoms with Crippen LogP contribution in [-0.2, 0) is 4.74 Å². The van der Waals surface area contributed by atoms with Gasteiger partial charge in [-0.1, -0.05) is 11.6 Å². The van der Waals surface area contributed by atoms with Crippen molar-refractivity contribution in [2.45, 2.75) is 26.0 Å². The molecule has 3 nitrogen and oxygen atoms in total. The lowest BCUT2D eigenvalue weighted by atomic mass is 10.1. The van der Waals surface area contributed by atoms with E-state index in [0.29, 0.717) is 29.6 Å². The number of benzene rings is 1. The Labute approximate surface area is 123 Å². The number of carbonyl (C=O) groups excluding carboxylic acids is 1. The van der Waals surface area contributed by atoms with Gasteiger partial charge in [-0.2, -0.15) is 0 Å². The van der Waals surface area contributed by atoms with Crippen molar-refractivity contribution >= 4 is 29.1 Å². The molecule has 1 amide bonds. The fourth-order valence-corrected chi connectivity index (χ4v) is 2.63. The summed E-state index contributed by atoms with van der Waals surface area (Å²) in [5.41, 5.74) is 1.57. The van der Waals surface area contributed by atoms with Crippen LogP contribution in [-0.4, -0.2) is 42.0 Å². The first-order valence-electron chi connectivity index (χ1n) is 6.27. The van der Waals surface area contributed by atoms with Crippen LogP contribution in [0.5, 0.6) is 0 Å². The Kier molecular flexibility index (Phi) is 4.71. The third-order valence-corrected chi connectivity index (χ3v) is 3.94. The Morgan fingerprint density at radius 3 is 2.89 bits per heavy atom. The lowest BCUT2D eigenvalue weighted by Crippen LogP contribution is -2.51. The molecule has 19 heavy (non-hydrogen) atoms. The van der Waals surface area contributed by atoms with Crippen LogP contribution in [0, 0.1) is 6.92 Å². The molecular weight excluding hydrogens is 285 g/mol. The second-order valence-electron chi connectivity index (χ2n) is 4.88. The van der Waals surface area contributed by atoms with Crippen LogP contribution in [0.25, 0.3) is 0 Å². The van der Waals surface area contributed by atoms with Gasteiger partial charge in [0.05, 0.1) is 24.6 Å². The van der Waals surface area contributed by atoms with E-state index in [-0.39, 0.29) is 18.1 Å². The van der Waals surface area contributed by atoms with Crippen molar-refractivity contribution in [2.24, 2.45) is 0 Å². The molecule has 1 aliphatic heterocycles. The zero-order valence-corrected chi connectivity index (χ0v) is 12.5. The molecule has 1 saturated heterocycles. The van der Waals surface area contributed by atoms with Crippen LogP contribution in [0.3, 0.4) is 0 Å². The van der Waals surface area contributed by atoms with Gasteiger partial charge >= 0.3 is 0 Å². The van der Waals surface area contributed by atoms with E-state index in [1.807, 2.05) is 18.7 Å². The van der Waals surface area contributed by atoms with Gasteiger partial charge in [-0.3, -0.25) is 4.79 Å². The lowest BCUT2D eigenvalue weighted by molar-refractivity contribution is -0.0372. The zero-order valence-electron chi connectivity index (χ0n) is 11.0. The van der Waals surface area contributed by atoms with Crippen molar-refractivity contribution < 1.29 is 9.53 Å². The van der Waals surface area contributed by atoms with Gasteiger partial charge in [0, 0.05) is 17.1 Å². The molecular formula is C14H17Cl2NO2. The van der Waals surface area contributed by atoms with Crippen LogP contribution in [0.1, 0.15) is 22.8 Å². The number of alkyl halides is 1. The summed E-state index contributed by atoms with van der Waals surface area (Å²) in [6.45, 7) is 4.93. The van der Waals surface area contributed by atoms with E-state index in [1.54, 1.807) is 18.2 Å². The number of hydrogen-bond acceptors (Lipinski definition) is 2. The number of halogens is 2. The molecule has 0 aliphatic carbocycles. The molecule has 2 unspecified atom stereocenters. The maximum absolute atomic E-state index is 12.6. The molecule has 2 rings (SSSR count). The van der Waals surface area contributed by atoms with E-state index in [2.05, 4.69) is 0 Å². The Balaban J connectivity index is 2.22. The number of aryl methyl sites for hydroxylation is 1. The van der Waals surface area contributed by atoms with Gasteiger partial charge in [0.1, 0.15) is 0 Å². The summed E-state index contributed by atoms with van der Waals surface area (Å²) < 4.78 is 5.56. The highest BCUT2D eigenvalue weighted by atomic mass is 35.5. The van der Waals surface area contributed by atoms with Crippen molar-refractivity contribution in [3.63, 3.8) is 0 Å². The van der Waals surface area contributed by atoms with Crippen molar-refractivity contribution in [3.8, 4) is 0 Å². The molecule has 1 heterocycles. The number of carbonyl (C=O) groups is 1. The third-order valence-electron chi connectivity index (χ3n) is 3.36. The topological polar surface area (TPSA) is 29.5 Å². The lowest BCUT2D eigenvalue weighted by Gasteiger charge is -2.37. The van der Waals surface area contributed by atoms with Crippen LogP contribution in [0.2, 0.25) is 5.02 Å². The average Bonchev–Trinajstić information content (AvgIpc) is 2.38. The van der Waals surface area contributed by atoms with E-state index in [4.69, 9.17) is 27.9 Å². The fraction of sp³-hybridized carbons (Fsp3) is 0.500. The largest absolute Gasteiger partial charge is 0.373 e. The first-order valence-corrected chi connectivity index (χ1v) is 7.19. The van der Waals surface area contributed by atoms with Crippen molar-refractivity contribution in [2.75, 3.05) is 19.0 Å². The Hall–Kier alpha value is -0.770. The SMILES string of the molecule is Cc1cc(Cl)ccc1C(=O)N1CC(CCl)OCC1C. The number of amides is 1. The highest BCUT2D eigenvalue weighted by Crippen LogP contribution is 2.20. The third kappa shape index (κ3) is 3.22. The molecule has 1 aliphatic rings. The number of hydrogen-bond donors (Lipinski definition) is 0. The second kappa shape index (κ2) is 6.12. The van der Waals surface area contributed by atoms with Gasteiger partial charge in [-0.25, -0.2) is 0 Å². The van der Waals surface area contributed by atoms with Crippen molar-refractivity contribution in [1.29, 1.82) is 0 Å². The monoisotopic (exact) mass is 301 g/mol. The van der Waals surface area contributed by atoms with Crippen molar-refractivity contribution in [3.05, 3.63) is 34.3 Å². The summed E-state index contributed by atoms with van der Waals surface area (Å²) in [4.78, 5) is 14.4. The molecule has 1 fully saturated rings. The summed E-state index contributed by atoms with van der Waals surface area (Å²) >= 11 is 11.7. The quantitative estimate of drug-likeness (QED) is 0.786. The summed E-state index contributed by atoms with van der Waals surface area (Å²) in [6.07, 6.45) is -0.0885. The number of ether oxygens (including phenoxy) is 1. The summed E-state index contributed by atoms with van der Waals surface area (Å²) in [5.74, 6) is 0.413. The van der Waals surface area contributed by atoms with Gasteiger partial charge in [0.25, 0.3) is 5.91 Å². The highest BCUT2D eigenvalue weighted by molar-refractivity contribution is 6.30. The van der Waals surface area contributed by atoms with E-state index in [0.717, 1.165) is 5.56 Å². The normalized spacial score (nSPS) is 23.5. The van der Waals surface area contributed by atoms with Gasteiger partial charge in [0.15, 0.2) is 0 Å². The van der Waals surface area contributed by atoms with Gasteiger partial charge in [-0.15, -0.1) is 11.6 Å². The zero-order chi connectivity index (χ0) is 14.0. The van der Waals surface area contributed by atoms with Gasteiger partial charge in [-0.05, 0) is 37.6 Å². The van der Waals surface area contributed by atoms with E-state index in [9.17, 15) is 4.79 Å². The summed E-state index contributed by atoms with van der Waals surface area (Å²) in [5, 5.41) is 0.641. The van der Waals surface area contributed by atoms with Crippen LogP contribution in [0.15, 0.2) is 18.2 Å². The number of morpholine rings is 1.